The van der Waals surface area contributed by atoms with Gasteiger partial charge in [-0.3, -0.25) is 4.79 Å². The third kappa shape index (κ3) is 5.66. The molecule has 0 aromatic carbocycles. The van der Waals surface area contributed by atoms with Crippen molar-refractivity contribution in [1.29, 1.82) is 0 Å². The molecule has 1 N–H and O–H groups in total. The second-order valence-electron chi connectivity index (χ2n) is 2.30. The van der Waals surface area contributed by atoms with E-state index in [-0.39, 0.29) is 5.91 Å². The number of allylic oxidation sites excluding steroid dienone is 2. The third-order valence-corrected chi connectivity index (χ3v) is 1.14. The van der Waals surface area contributed by atoms with Crippen molar-refractivity contribution in [2.45, 2.75) is 13.8 Å². The van der Waals surface area contributed by atoms with Gasteiger partial charge in [-0.05, 0) is 13.0 Å². The lowest BCUT2D eigenvalue weighted by molar-refractivity contribution is -0.134. The number of carbonyl (C=O) groups is 2. The minimum atomic E-state index is -0.498. The average molecular weight is 183 g/mol. The van der Waals surface area contributed by atoms with Crippen LogP contribution in [0.3, 0.4) is 0 Å². The van der Waals surface area contributed by atoms with Crippen molar-refractivity contribution in [3.05, 3.63) is 23.9 Å². The van der Waals surface area contributed by atoms with Gasteiger partial charge in [0.2, 0.25) is 5.91 Å². The average Bonchev–Trinajstić information content (AvgIpc) is 2.03. The van der Waals surface area contributed by atoms with Gasteiger partial charge >= 0.3 is 5.97 Å². The molecular formula is C9H13NO3. The summed E-state index contributed by atoms with van der Waals surface area (Å²) in [4.78, 5) is 21.5. The Balaban J connectivity index is 4.49. The van der Waals surface area contributed by atoms with Crippen molar-refractivity contribution in [3.8, 4) is 0 Å². The molecule has 13 heavy (non-hydrogen) atoms. The Morgan fingerprint density at radius 2 is 2.00 bits per heavy atom. The van der Waals surface area contributed by atoms with E-state index in [2.05, 4.69) is 10.1 Å². The maximum absolute atomic E-state index is 10.8. The molecule has 0 radical (unpaired) electrons. The number of hydrogen-bond donors (Lipinski definition) is 1. The van der Waals surface area contributed by atoms with Gasteiger partial charge in [0.05, 0.1) is 7.11 Å². The zero-order valence-corrected chi connectivity index (χ0v) is 7.96. The van der Waals surface area contributed by atoms with Gasteiger partial charge in [-0.15, -0.1) is 0 Å². The predicted molar refractivity (Wildman–Crippen MR) is 48.7 cm³/mol. The van der Waals surface area contributed by atoms with Gasteiger partial charge in [0.1, 0.15) is 0 Å². The molecule has 1 amide bonds. The summed E-state index contributed by atoms with van der Waals surface area (Å²) in [5.74, 6) is -0.727. The zero-order chi connectivity index (χ0) is 10.3. The molecule has 0 aliphatic rings. The van der Waals surface area contributed by atoms with Crippen molar-refractivity contribution < 1.29 is 14.3 Å². The Bertz CT molecular complexity index is 254. The second-order valence-corrected chi connectivity index (χ2v) is 2.30. The number of amides is 1. The molecule has 0 fully saturated rings. The molecule has 0 aromatic rings. The smallest absolute Gasteiger partial charge is 0.332 e. The van der Waals surface area contributed by atoms with E-state index in [0.29, 0.717) is 5.70 Å². The van der Waals surface area contributed by atoms with E-state index < -0.39 is 5.97 Å². The molecule has 0 aromatic heterocycles. The fraction of sp³-hybridized carbons (Fsp3) is 0.333. The summed E-state index contributed by atoms with van der Waals surface area (Å²) in [5.41, 5.74) is 0.418. The Labute approximate surface area is 77.3 Å². The van der Waals surface area contributed by atoms with Crippen LogP contribution < -0.4 is 5.32 Å². The number of carbonyl (C=O) groups excluding carboxylic acids is 2. The molecule has 4 heteroatoms. The maximum Gasteiger partial charge on any atom is 0.332 e. The van der Waals surface area contributed by atoms with Gasteiger partial charge in [-0.1, -0.05) is 6.08 Å². The van der Waals surface area contributed by atoms with Crippen LogP contribution in [0.5, 0.6) is 0 Å². The fourth-order valence-electron chi connectivity index (χ4n) is 0.695. The van der Waals surface area contributed by atoms with Crippen molar-refractivity contribution in [3.63, 3.8) is 0 Å². The standard InChI is InChI=1S/C9H13NO3/c1-4-5-8(10-7(2)11)6-9(12)13-3/h4-6H,1-3H3,(H,10,11). The predicted octanol–water partition coefficient (Wildman–Crippen LogP) is 0.756. The van der Waals surface area contributed by atoms with E-state index in [1.807, 2.05) is 0 Å². The van der Waals surface area contributed by atoms with Crippen LogP contribution in [0.15, 0.2) is 23.9 Å². The van der Waals surface area contributed by atoms with Crippen LogP contribution in [0.1, 0.15) is 13.8 Å². The van der Waals surface area contributed by atoms with Gasteiger partial charge in [0.15, 0.2) is 0 Å². The lowest BCUT2D eigenvalue weighted by Gasteiger charge is -2.01. The summed E-state index contributed by atoms with van der Waals surface area (Å²) in [7, 11) is 1.28. The van der Waals surface area contributed by atoms with E-state index in [4.69, 9.17) is 0 Å². The van der Waals surface area contributed by atoms with Crippen molar-refractivity contribution in [2.24, 2.45) is 0 Å². The fourth-order valence-corrected chi connectivity index (χ4v) is 0.695. The largest absolute Gasteiger partial charge is 0.466 e. The summed E-state index contributed by atoms with van der Waals surface area (Å²) in [6, 6.07) is 0. The molecule has 0 rings (SSSR count). The lowest BCUT2D eigenvalue weighted by Crippen LogP contribution is -2.19. The monoisotopic (exact) mass is 183 g/mol. The van der Waals surface area contributed by atoms with Gasteiger partial charge < -0.3 is 10.1 Å². The quantitative estimate of drug-likeness (QED) is 0.399. The number of nitrogens with one attached hydrogen (secondary N) is 1. The molecule has 4 nitrogen and oxygen atoms in total. The summed E-state index contributed by atoms with van der Waals surface area (Å²) >= 11 is 0. The first-order valence-electron chi connectivity index (χ1n) is 3.80. The first-order valence-corrected chi connectivity index (χ1v) is 3.80. The second kappa shape index (κ2) is 5.99. The highest BCUT2D eigenvalue weighted by Gasteiger charge is 1.99. The van der Waals surface area contributed by atoms with Crippen LogP contribution in [-0.4, -0.2) is 19.0 Å². The Hall–Kier alpha value is -1.58. The highest BCUT2D eigenvalue weighted by atomic mass is 16.5. The van der Waals surface area contributed by atoms with Crippen LogP contribution >= 0.6 is 0 Å². The highest BCUT2D eigenvalue weighted by molar-refractivity contribution is 5.85. The molecule has 0 saturated heterocycles. The topological polar surface area (TPSA) is 55.4 Å². The highest BCUT2D eigenvalue weighted by Crippen LogP contribution is 1.93. The SMILES string of the molecule is CC=CC(=CC(=O)OC)NC(C)=O. The first-order chi connectivity index (χ1) is 6.10. The number of ether oxygens (including phenoxy) is 1. The Morgan fingerprint density at radius 3 is 2.38 bits per heavy atom. The minimum absolute atomic E-state index is 0.228. The van der Waals surface area contributed by atoms with E-state index in [1.54, 1.807) is 19.1 Å². The third-order valence-electron chi connectivity index (χ3n) is 1.14. The normalized spacial score (nSPS) is 11.5. The van der Waals surface area contributed by atoms with E-state index >= 15 is 0 Å². The molecule has 72 valence electrons. The summed E-state index contributed by atoms with van der Waals surface area (Å²) in [6.07, 6.45) is 4.53. The zero-order valence-electron chi connectivity index (χ0n) is 7.96. The van der Waals surface area contributed by atoms with E-state index in [9.17, 15) is 9.59 Å². The van der Waals surface area contributed by atoms with Gasteiger partial charge in [0.25, 0.3) is 0 Å². The first kappa shape index (κ1) is 11.4. The van der Waals surface area contributed by atoms with Crippen LogP contribution in [0, 0.1) is 0 Å². The van der Waals surface area contributed by atoms with Crippen molar-refractivity contribution >= 4 is 11.9 Å². The van der Waals surface area contributed by atoms with Crippen LogP contribution in [-0.2, 0) is 14.3 Å². The Kier molecular flexibility index (Phi) is 5.27. The van der Waals surface area contributed by atoms with Crippen LogP contribution in [0.4, 0.5) is 0 Å². The number of esters is 1. The van der Waals surface area contributed by atoms with E-state index in [1.165, 1.54) is 20.1 Å². The maximum atomic E-state index is 10.8. The molecule has 0 heterocycles. The van der Waals surface area contributed by atoms with Crippen LogP contribution in [0.25, 0.3) is 0 Å². The Morgan fingerprint density at radius 1 is 1.38 bits per heavy atom. The van der Waals surface area contributed by atoms with Crippen molar-refractivity contribution in [1.82, 2.24) is 5.32 Å². The number of hydrogen-bond acceptors (Lipinski definition) is 3. The number of rotatable bonds is 3. The summed E-state index contributed by atoms with van der Waals surface area (Å²) in [6.45, 7) is 3.15. The van der Waals surface area contributed by atoms with Gasteiger partial charge in [-0.2, -0.15) is 0 Å². The molecule has 0 atom stereocenters. The molecule has 0 aliphatic carbocycles. The molecular weight excluding hydrogens is 170 g/mol. The number of methoxy groups -OCH3 is 1. The molecule has 0 saturated carbocycles. The molecule has 0 spiro atoms. The lowest BCUT2D eigenvalue weighted by atomic mass is 10.3. The molecule has 0 aliphatic heterocycles. The molecule has 0 unspecified atom stereocenters. The van der Waals surface area contributed by atoms with Gasteiger partial charge in [0, 0.05) is 18.7 Å². The van der Waals surface area contributed by atoms with Crippen molar-refractivity contribution in [2.75, 3.05) is 7.11 Å². The summed E-state index contributed by atoms with van der Waals surface area (Å²) in [5, 5.41) is 2.48. The van der Waals surface area contributed by atoms with Crippen LogP contribution in [0.2, 0.25) is 0 Å². The van der Waals surface area contributed by atoms with E-state index in [0.717, 1.165) is 0 Å². The minimum Gasteiger partial charge on any atom is -0.466 e. The summed E-state index contributed by atoms with van der Waals surface area (Å²) < 4.78 is 4.41. The molecule has 0 bridgehead atoms. The van der Waals surface area contributed by atoms with Gasteiger partial charge in [-0.25, -0.2) is 4.79 Å².